The van der Waals surface area contributed by atoms with Crippen LogP contribution in [0.1, 0.15) is 14.7 Å². The molecule has 16 heavy (non-hydrogen) atoms. The maximum atomic E-state index is 10.5. The van der Waals surface area contributed by atoms with E-state index in [-0.39, 0.29) is 0 Å². The first-order valence-corrected chi connectivity index (χ1v) is 5.77. The molecular weight excluding hydrogens is 220 g/mol. The fourth-order valence-electron chi connectivity index (χ4n) is 1.43. The van der Waals surface area contributed by atoms with Gasteiger partial charge in [0.15, 0.2) is 6.29 Å². The van der Waals surface area contributed by atoms with Gasteiger partial charge in [-0.3, -0.25) is 4.79 Å². The Morgan fingerprint density at radius 3 is 2.75 bits per heavy atom. The number of anilines is 1. The monoisotopic (exact) mass is 232 g/mol. The lowest BCUT2D eigenvalue weighted by atomic mass is 10.3. The van der Waals surface area contributed by atoms with E-state index in [1.165, 1.54) is 11.3 Å². The Balaban J connectivity index is 2.07. The van der Waals surface area contributed by atoms with Gasteiger partial charge in [-0.05, 0) is 12.1 Å². The van der Waals surface area contributed by atoms with Gasteiger partial charge in [-0.15, -0.1) is 11.3 Å². The topological polar surface area (TPSA) is 33.2 Å². The van der Waals surface area contributed by atoms with Gasteiger partial charge in [0.1, 0.15) is 5.01 Å². The molecule has 0 bridgehead atoms. The van der Waals surface area contributed by atoms with Crippen LogP contribution in [0.3, 0.4) is 0 Å². The van der Waals surface area contributed by atoms with Gasteiger partial charge in [0, 0.05) is 18.9 Å². The first kappa shape index (κ1) is 10.8. The molecule has 0 spiro atoms. The molecule has 0 saturated heterocycles. The Kier molecular flexibility index (Phi) is 3.31. The van der Waals surface area contributed by atoms with Crippen molar-refractivity contribution in [3.63, 3.8) is 0 Å². The first-order chi connectivity index (χ1) is 7.79. The molecule has 0 aliphatic carbocycles. The van der Waals surface area contributed by atoms with Gasteiger partial charge in [-0.2, -0.15) is 0 Å². The molecule has 4 heteroatoms. The summed E-state index contributed by atoms with van der Waals surface area (Å²) in [5, 5.41) is 0.952. The molecule has 1 heterocycles. The van der Waals surface area contributed by atoms with Gasteiger partial charge in [-0.25, -0.2) is 4.98 Å². The highest BCUT2D eigenvalue weighted by Gasteiger charge is 2.05. The molecule has 1 aromatic carbocycles. The van der Waals surface area contributed by atoms with Gasteiger partial charge < -0.3 is 4.90 Å². The van der Waals surface area contributed by atoms with Crippen LogP contribution in [0, 0.1) is 0 Å². The van der Waals surface area contributed by atoms with Gasteiger partial charge in [0.25, 0.3) is 0 Å². The van der Waals surface area contributed by atoms with Crippen molar-refractivity contribution in [2.75, 3.05) is 11.9 Å². The maximum absolute atomic E-state index is 10.5. The third-order valence-electron chi connectivity index (χ3n) is 2.26. The Morgan fingerprint density at radius 2 is 2.12 bits per heavy atom. The van der Waals surface area contributed by atoms with Crippen molar-refractivity contribution in [1.29, 1.82) is 0 Å². The first-order valence-electron chi connectivity index (χ1n) is 4.95. The summed E-state index contributed by atoms with van der Waals surface area (Å²) >= 11 is 1.44. The molecule has 0 aliphatic heterocycles. The van der Waals surface area contributed by atoms with Crippen LogP contribution in [0.15, 0.2) is 36.5 Å². The predicted octanol–water partition coefficient (Wildman–Crippen LogP) is 2.59. The Hall–Kier alpha value is -1.68. The minimum atomic E-state index is 0.677. The molecule has 0 unspecified atom stereocenters. The fourth-order valence-corrected chi connectivity index (χ4v) is 2.22. The smallest absolute Gasteiger partial charge is 0.161 e. The van der Waals surface area contributed by atoms with E-state index in [1.54, 1.807) is 6.20 Å². The molecular formula is C12H12N2OS. The number of nitrogens with zero attached hydrogens (tertiary/aromatic N) is 2. The molecule has 1 aromatic heterocycles. The van der Waals surface area contributed by atoms with E-state index in [9.17, 15) is 4.79 Å². The quantitative estimate of drug-likeness (QED) is 0.760. The second kappa shape index (κ2) is 4.90. The van der Waals surface area contributed by atoms with Crippen LogP contribution in [0.4, 0.5) is 5.69 Å². The Bertz CT molecular complexity index is 467. The van der Waals surface area contributed by atoms with Crippen LogP contribution in [0.5, 0.6) is 0 Å². The van der Waals surface area contributed by atoms with Crippen molar-refractivity contribution in [1.82, 2.24) is 4.98 Å². The molecule has 0 amide bonds. The normalized spacial score (nSPS) is 10.1. The van der Waals surface area contributed by atoms with E-state index >= 15 is 0 Å². The van der Waals surface area contributed by atoms with E-state index < -0.39 is 0 Å². The summed E-state index contributed by atoms with van der Waals surface area (Å²) in [7, 11) is 2.01. The minimum Gasteiger partial charge on any atom is -0.368 e. The van der Waals surface area contributed by atoms with Crippen molar-refractivity contribution < 1.29 is 4.79 Å². The number of rotatable bonds is 4. The maximum Gasteiger partial charge on any atom is 0.161 e. The average molecular weight is 232 g/mol. The number of carbonyl (C=O) groups excluding carboxylic acids is 1. The zero-order chi connectivity index (χ0) is 11.4. The average Bonchev–Trinajstić information content (AvgIpc) is 2.78. The SMILES string of the molecule is CN(Cc1ncc(C=O)s1)c1ccccc1. The van der Waals surface area contributed by atoms with Crippen LogP contribution < -0.4 is 4.90 Å². The largest absolute Gasteiger partial charge is 0.368 e. The third-order valence-corrected chi connectivity index (χ3v) is 3.16. The van der Waals surface area contributed by atoms with Gasteiger partial charge >= 0.3 is 0 Å². The summed E-state index contributed by atoms with van der Waals surface area (Å²) in [6, 6.07) is 10.1. The van der Waals surface area contributed by atoms with Crippen LogP contribution in [-0.4, -0.2) is 18.3 Å². The number of aldehydes is 1. The summed E-state index contributed by atoms with van der Waals surface area (Å²) < 4.78 is 0. The van der Waals surface area contributed by atoms with Crippen molar-refractivity contribution in [2.24, 2.45) is 0 Å². The number of hydrogen-bond donors (Lipinski definition) is 0. The fraction of sp³-hybridized carbons (Fsp3) is 0.167. The molecule has 0 radical (unpaired) electrons. The third kappa shape index (κ3) is 2.46. The molecule has 0 N–H and O–H groups in total. The van der Waals surface area contributed by atoms with Gasteiger partial charge in [0.2, 0.25) is 0 Å². The van der Waals surface area contributed by atoms with Crippen molar-refractivity contribution in [3.8, 4) is 0 Å². The molecule has 3 nitrogen and oxygen atoms in total. The number of para-hydroxylation sites is 1. The molecule has 2 aromatic rings. The molecule has 0 saturated carbocycles. The van der Waals surface area contributed by atoms with Crippen LogP contribution >= 0.6 is 11.3 Å². The summed E-state index contributed by atoms with van der Waals surface area (Å²) in [6.07, 6.45) is 2.45. The minimum absolute atomic E-state index is 0.677. The van der Waals surface area contributed by atoms with Crippen molar-refractivity contribution in [3.05, 3.63) is 46.4 Å². The van der Waals surface area contributed by atoms with Crippen LogP contribution in [-0.2, 0) is 6.54 Å². The molecule has 0 fully saturated rings. The lowest BCUT2D eigenvalue weighted by molar-refractivity contribution is 0.112. The second-order valence-corrected chi connectivity index (χ2v) is 4.61. The molecule has 0 atom stereocenters. The van der Waals surface area contributed by atoms with E-state index in [4.69, 9.17) is 0 Å². The van der Waals surface area contributed by atoms with E-state index in [2.05, 4.69) is 9.88 Å². The highest BCUT2D eigenvalue weighted by atomic mass is 32.1. The summed E-state index contributed by atoms with van der Waals surface area (Å²) in [4.78, 5) is 17.5. The van der Waals surface area contributed by atoms with Crippen LogP contribution in [0.25, 0.3) is 0 Å². The second-order valence-electron chi connectivity index (χ2n) is 3.47. The number of hydrogen-bond acceptors (Lipinski definition) is 4. The van der Waals surface area contributed by atoms with Gasteiger partial charge in [-0.1, -0.05) is 18.2 Å². The molecule has 82 valence electrons. The number of benzene rings is 1. The Labute approximate surface area is 98.4 Å². The van der Waals surface area contributed by atoms with E-state index in [1.807, 2.05) is 37.4 Å². The molecule has 2 rings (SSSR count). The lowest BCUT2D eigenvalue weighted by Gasteiger charge is -2.17. The van der Waals surface area contributed by atoms with Crippen molar-refractivity contribution >= 4 is 23.3 Å². The van der Waals surface area contributed by atoms with Crippen LogP contribution in [0.2, 0.25) is 0 Å². The molecule has 0 aliphatic rings. The zero-order valence-electron chi connectivity index (χ0n) is 8.96. The highest BCUT2D eigenvalue weighted by molar-refractivity contribution is 7.13. The summed E-state index contributed by atoms with van der Waals surface area (Å²) in [5.41, 5.74) is 1.14. The lowest BCUT2D eigenvalue weighted by Crippen LogP contribution is -2.15. The number of aromatic nitrogens is 1. The predicted molar refractivity (Wildman–Crippen MR) is 66.1 cm³/mol. The zero-order valence-corrected chi connectivity index (χ0v) is 9.78. The van der Waals surface area contributed by atoms with E-state index in [0.29, 0.717) is 4.88 Å². The number of thiazole rings is 1. The summed E-state index contributed by atoms with van der Waals surface area (Å²) in [6.45, 7) is 0.725. The highest BCUT2D eigenvalue weighted by Crippen LogP contribution is 2.17. The van der Waals surface area contributed by atoms with E-state index in [0.717, 1.165) is 23.5 Å². The standard InChI is InChI=1S/C12H12N2OS/c1-14(10-5-3-2-4-6-10)8-12-13-7-11(9-15)16-12/h2-7,9H,8H2,1H3. The van der Waals surface area contributed by atoms with Crippen molar-refractivity contribution in [2.45, 2.75) is 6.54 Å². The summed E-state index contributed by atoms with van der Waals surface area (Å²) in [5.74, 6) is 0. The number of carbonyl (C=O) groups is 1. The van der Waals surface area contributed by atoms with Gasteiger partial charge in [0.05, 0.1) is 11.4 Å². The Morgan fingerprint density at radius 1 is 1.38 bits per heavy atom.